The second-order valence-corrected chi connectivity index (χ2v) is 17.1. The molecule has 1 N–H and O–H groups in total. The maximum absolute atomic E-state index is 13.7. The first kappa shape index (κ1) is 40.0. The molecule has 2 atom stereocenters. The minimum atomic E-state index is -0.821. The SMILES string of the molecule is CCN(C(=O)OC(C)(C)C)c1nccc(-c2nn(C(=O)OC(C)(C)C)c3nc(N4CCC5(CC4)CO[C@@H](C)[C@H]5NC(=O)OC(C)(C)C)c(C)nc23)c1Cl. The van der Waals surface area contributed by atoms with E-state index in [1.807, 2.05) is 34.6 Å². The molecule has 16 heteroatoms. The van der Waals surface area contributed by atoms with Crippen molar-refractivity contribution in [1.82, 2.24) is 30.0 Å². The summed E-state index contributed by atoms with van der Waals surface area (Å²) >= 11 is 6.99. The summed E-state index contributed by atoms with van der Waals surface area (Å²) in [7, 11) is 0. The number of alkyl carbamates (subject to hydrolysis) is 1. The lowest BCUT2D eigenvalue weighted by Gasteiger charge is -2.43. The Morgan fingerprint density at radius 3 is 2.21 bits per heavy atom. The largest absolute Gasteiger partial charge is 0.444 e. The monoisotopic (exact) mass is 756 g/mol. The third-order valence-corrected chi connectivity index (χ3v) is 9.40. The Labute approximate surface area is 316 Å². The fraction of sp³-hybridized carbons (Fsp3) is 0.649. The van der Waals surface area contributed by atoms with Crippen molar-refractivity contribution in [3.63, 3.8) is 0 Å². The number of hydrogen-bond donors (Lipinski definition) is 1. The highest BCUT2D eigenvalue weighted by molar-refractivity contribution is 6.36. The zero-order valence-corrected chi connectivity index (χ0v) is 33.7. The topological polar surface area (TPSA) is 163 Å². The molecule has 0 unspecified atom stereocenters. The van der Waals surface area contributed by atoms with Crippen molar-refractivity contribution in [3.05, 3.63) is 23.0 Å². The number of halogens is 1. The minimum absolute atomic E-state index is 0.128. The van der Waals surface area contributed by atoms with Gasteiger partial charge in [0, 0.05) is 36.8 Å². The lowest BCUT2D eigenvalue weighted by Crippen LogP contribution is -2.55. The highest BCUT2D eigenvalue weighted by Crippen LogP contribution is 2.44. The fourth-order valence-electron chi connectivity index (χ4n) is 6.71. The molecule has 5 rings (SSSR count). The number of ether oxygens (including phenoxy) is 4. The third-order valence-electron chi connectivity index (χ3n) is 9.02. The highest BCUT2D eigenvalue weighted by atomic mass is 35.5. The Hall–Kier alpha value is -4.24. The molecular formula is C37H53ClN8O7. The van der Waals surface area contributed by atoms with Crippen molar-refractivity contribution < 1.29 is 33.3 Å². The van der Waals surface area contributed by atoms with Crippen molar-refractivity contribution in [2.75, 3.05) is 36.0 Å². The van der Waals surface area contributed by atoms with Gasteiger partial charge < -0.3 is 29.2 Å². The molecule has 2 amide bonds. The molecule has 53 heavy (non-hydrogen) atoms. The first-order chi connectivity index (χ1) is 24.5. The summed E-state index contributed by atoms with van der Waals surface area (Å²) in [6, 6.07) is 1.43. The number of anilines is 2. The van der Waals surface area contributed by atoms with Crippen LogP contribution in [0.3, 0.4) is 0 Å². The van der Waals surface area contributed by atoms with Crippen molar-refractivity contribution in [3.8, 4) is 11.3 Å². The van der Waals surface area contributed by atoms with E-state index in [1.165, 1.54) is 11.1 Å². The number of amides is 2. The van der Waals surface area contributed by atoms with Crippen LogP contribution in [-0.2, 0) is 18.9 Å². The van der Waals surface area contributed by atoms with Crippen LogP contribution in [0.15, 0.2) is 12.3 Å². The number of aromatic nitrogens is 5. The van der Waals surface area contributed by atoms with Crippen LogP contribution >= 0.6 is 11.6 Å². The van der Waals surface area contributed by atoms with Crippen LogP contribution in [0.4, 0.5) is 26.0 Å². The van der Waals surface area contributed by atoms with E-state index in [9.17, 15) is 14.4 Å². The van der Waals surface area contributed by atoms with Crippen molar-refractivity contribution in [2.45, 2.75) is 125 Å². The fourth-order valence-corrected chi connectivity index (χ4v) is 7.01. The predicted molar refractivity (Wildman–Crippen MR) is 202 cm³/mol. The molecule has 15 nitrogen and oxygen atoms in total. The quantitative estimate of drug-likeness (QED) is 0.259. The van der Waals surface area contributed by atoms with Gasteiger partial charge in [0.1, 0.15) is 28.0 Å². The molecule has 5 heterocycles. The Morgan fingerprint density at radius 1 is 1.00 bits per heavy atom. The van der Waals surface area contributed by atoms with Gasteiger partial charge in [-0.3, -0.25) is 4.90 Å². The summed E-state index contributed by atoms with van der Waals surface area (Å²) in [4.78, 5) is 57.4. The zero-order chi connectivity index (χ0) is 39.3. The molecule has 2 saturated heterocycles. The first-order valence-corrected chi connectivity index (χ1v) is 18.4. The Bertz CT molecular complexity index is 1870. The van der Waals surface area contributed by atoms with Gasteiger partial charge in [-0.15, -0.1) is 4.68 Å². The maximum atomic E-state index is 13.7. The number of aryl methyl sites for hydroxylation is 1. The number of carbonyl (C=O) groups excluding carboxylic acids is 3. The normalized spacial score (nSPS) is 19.0. The number of nitrogens with one attached hydrogen (secondary N) is 1. The molecule has 3 aromatic rings. The molecule has 3 aromatic heterocycles. The van der Waals surface area contributed by atoms with Gasteiger partial charge >= 0.3 is 18.3 Å². The highest BCUT2D eigenvalue weighted by Gasteiger charge is 2.51. The standard InChI is InChI=1S/C37H53ClN8O7/c1-13-45(32(48)52-35(7,8)9)29-24(38)23(14-17-39-29)25-26-30(46(43-25)33(49)53-36(10,11)12)42-28(21(2)40-26)44-18-15-37(16-19-44)20-50-22(3)27(37)41-31(47)51-34(4,5)6/h14,17,22,27H,13,15-16,18-20H2,1-12H3,(H,41,47)/t22-,27+/m0/s1. The Balaban J connectivity index is 1.52. The van der Waals surface area contributed by atoms with Gasteiger partial charge in [0.2, 0.25) is 0 Å². The van der Waals surface area contributed by atoms with Crippen LogP contribution in [0.2, 0.25) is 5.02 Å². The second-order valence-electron chi connectivity index (χ2n) is 16.8. The summed E-state index contributed by atoms with van der Waals surface area (Å²) in [6.07, 6.45) is 0.959. The summed E-state index contributed by atoms with van der Waals surface area (Å²) in [5.41, 5.74) is -0.671. The second kappa shape index (κ2) is 14.5. The summed E-state index contributed by atoms with van der Waals surface area (Å²) < 4.78 is 24.1. The average molecular weight is 757 g/mol. The van der Waals surface area contributed by atoms with E-state index < -0.39 is 35.1 Å². The van der Waals surface area contributed by atoms with Gasteiger partial charge in [0.05, 0.1) is 29.5 Å². The Morgan fingerprint density at radius 2 is 1.62 bits per heavy atom. The predicted octanol–water partition coefficient (Wildman–Crippen LogP) is 7.29. The number of carbonyl (C=O) groups is 3. The molecule has 0 radical (unpaired) electrons. The number of fused-ring (bicyclic) bond motifs is 1. The molecule has 0 aromatic carbocycles. The van der Waals surface area contributed by atoms with E-state index in [0.717, 1.165) is 4.68 Å². The molecule has 1 spiro atoms. The van der Waals surface area contributed by atoms with Crippen LogP contribution in [-0.4, -0.2) is 98.2 Å². The minimum Gasteiger partial charge on any atom is -0.444 e. The lowest BCUT2D eigenvalue weighted by molar-refractivity contribution is 0.0432. The molecular weight excluding hydrogens is 704 g/mol. The van der Waals surface area contributed by atoms with E-state index in [1.54, 1.807) is 54.5 Å². The van der Waals surface area contributed by atoms with Crippen molar-refractivity contribution >= 4 is 52.7 Å². The summed E-state index contributed by atoms with van der Waals surface area (Å²) in [6.45, 7) is 23.7. The van der Waals surface area contributed by atoms with Gasteiger partial charge in [0.15, 0.2) is 17.3 Å². The van der Waals surface area contributed by atoms with Gasteiger partial charge in [-0.05, 0) is 102 Å². The summed E-state index contributed by atoms with van der Waals surface area (Å²) in [5.74, 6) is 0.768. The molecule has 290 valence electrons. The molecule has 0 saturated carbocycles. The molecule has 0 bridgehead atoms. The third kappa shape index (κ3) is 8.77. The van der Waals surface area contributed by atoms with Crippen LogP contribution in [0, 0.1) is 12.3 Å². The van der Waals surface area contributed by atoms with Crippen LogP contribution < -0.4 is 15.1 Å². The first-order valence-electron chi connectivity index (χ1n) is 18.0. The lowest BCUT2D eigenvalue weighted by atomic mass is 9.73. The van der Waals surface area contributed by atoms with E-state index in [-0.39, 0.29) is 46.3 Å². The van der Waals surface area contributed by atoms with Crippen molar-refractivity contribution in [1.29, 1.82) is 0 Å². The summed E-state index contributed by atoms with van der Waals surface area (Å²) in [5, 5.41) is 7.89. The maximum Gasteiger partial charge on any atom is 0.437 e. The van der Waals surface area contributed by atoms with Gasteiger partial charge in [-0.25, -0.2) is 29.3 Å². The number of pyridine rings is 1. The molecule has 2 aliphatic rings. The number of hydrogen-bond acceptors (Lipinski definition) is 12. The Kier molecular flexibility index (Phi) is 11.0. The van der Waals surface area contributed by atoms with E-state index >= 15 is 0 Å². The van der Waals surface area contributed by atoms with Gasteiger partial charge in [-0.2, -0.15) is 5.10 Å². The molecule has 2 fully saturated rings. The van der Waals surface area contributed by atoms with Gasteiger partial charge in [0.25, 0.3) is 0 Å². The zero-order valence-electron chi connectivity index (χ0n) is 32.9. The smallest absolute Gasteiger partial charge is 0.437 e. The van der Waals surface area contributed by atoms with Gasteiger partial charge in [-0.1, -0.05) is 11.6 Å². The van der Waals surface area contributed by atoms with Crippen LogP contribution in [0.25, 0.3) is 22.4 Å². The number of piperidine rings is 1. The molecule has 0 aliphatic carbocycles. The van der Waals surface area contributed by atoms with Crippen LogP contribution in [0.1, 0.15) is 94.7 Å². The average Bonchev–Trinajstić information content (AvgIpc) is 3.53. The molecule has 2 aliphatic heterocycles. The van der Waals surface area contributed by atoms with E-state index in [0.29, 0.717) is 55.1 Å². The number of rotatable bonds is 5. The van der Waals surface area contributed by atoms with E-state index in [4.69, 9.17) is 40.5 Å². The van der Waals surface area contributed by atoms with E-state index in [2.05, 4.69) is 20.3 Å². The number of nitrogens with zero attached hydrogens (tertiary/aromatic N) is 7. The van der Waals surface area contributed by atoms with Crippen LogP contribution in [0.5, 0.6) is 0 Å². The van der Waals surface area contributed by atoms with Crippen molar-refractivity contribution in [2.24, 2.45) is 5.41 Å².